The van der Waals surface area contributed by atoms with Gasteiger partial charge in [0.1, 0.15) is 0 Å². The molecule has 0 spiro atoms. The Hall–Kier alpha value is -1.19. The van der Waals surface area contributed by atoms with Gasteiger partial charge in [-0.3, -0.25) is 4.98 Å². The maximum Gasteiger partial charge on any atom is 0.0545 e. The number of aromatic nitrogens is 1. The molecule has 2 rings (SSSR count). The first-order chi connectivity index (χ1) is 7.31. The van der Waals surface area contributed by atoms with Crippen LogP contribution in [0.5, 0.6) is 0 Å². The number of hydrogen-bond donors (Lipinski definition) is 1. The summed E-state index contributed by atoms with van der Waals surface area (Å²) in [5.74, 6) is 0. The molecule has 0 aliphatic heterocycles. The summed E-state index contributed by atoms with van der Waals surface area (Å²) in [7, 11) is 0. The van der Waals surface area contributed by atoms with Crippen LogP contribution in [0.25, 0.3) is 11.1 Å². The summed E-state index contributed by atoms with van der Waals surface area (Å²) < 4.78 is 1.08. The van der Waals surface area contributed by atoms with Crippen LogP contribution in [0, 0.1) is 0 Å². The van der Waals surface area contributed by atoms with E-state index in [0.29, 0.717) is 6.54 Å². The topological polar surface area (TPSA) is 38.9 Å². The van der Waals surface area contributed by atoms with E-state index < -0.39 is 0 Å². The molecule has 2 nitrogen and oxygen atoms in total. The van der Waals surface area contributed by atoms with Crippen LogP contribution in [0.2, 0.25) is 0 Å². The van der Waals surface area contributed by atoms with Gasteiger partial charge in [0, 0.05) is 17.2 Å². The van der Waals surface area contributed by atoms with Crippen LogP contribution < -0.4 is 5.73 Å². The maximum absolute atomic E-state index is 5.56. The van der Waals surface area contributed by atoms with Crippen LogP contribution >= 0.6 is 15.9 Å². The molecule has 0 saturated carbocycles. The quantitative estimate of drug-likeness (QED) is 0.904. The van der Waals surface area contributed by atoms with E-state index in [1.165, 1.54) is 0 Å². The number of pyridine rings is 1. The maximum atomic E-state index is 5.56. The summed E-state index contributed by atoms with van der Waals surface area (Å²) in [5.41, 5.74) is 8.77. The minimum atomic E-state index is 0.471. The lowest BCUT2D eigenvalue weighted by molar-refractivity contribution is 0.991. The minimum absolute atomic E-state index is 0.471. The normalized spacial score (nSPS) is 10.3. The van der Waals surface area contributed by atoms with Gasteiger partial charge in [-0.25, -0.2) is 0 Å². The van der Waals surface area contributed by atoms with E-state index in [1.54, 1.807) is 6.20 Å². The van der Waals surface area contributed by atoms with Gasteiger partial charge in [0.05, 0.1) is 5.69 Å². The van der Waals surface area contributed by atoms with Crippen molar-refractivity contribution in [3.8, 4) is 11.1 Å². The van der Waals surface area contributed by atoms with E-state index in [4.69, 9.17) is 5.73 Å². The molecule has 2 aromatic rings. The van der Waals surface area contributed by atoms with Gasteiger partial charge in [0.2, 0.25) is 0 Å². The summed E-state index contributed by atoms with van der Waals surface area (Å²) in [4.78, 5) is 4.17. The molecule has 1 aromatic heterocycles. The number of halogens is 1. The van der Waals surface area contributed by atoms with Crippen LogP contribution in [-0.4, -0.2) is 4.98 Å². The third kappa shape index (κ3) is 2.25. The van der Waals surface area contributed by atoms with E-state index in [1.807, 2.05) is 30.3 Å². The van der Waals surface area contributed by atoms with Gasteiger partial charge in [-0.2, -0.15) is 0 Å². The highest BCUT2D eigenvalue weighted by Gasteiger charge is 2.02. The zero-order valence-corrected chi connectivity index (χ0v) is 9.74. The molecule has 0 aliphatic carbocycles. The van der Waals surface area contributed by atoms with Gasteiger partial charge in [-0.05, 0) is 29.3 Å². The van der Waals surface area contributed by atoms with Crippen molar-refractivity contribution in [3.05, 3.63) is 52.8 Å². The molecular formula is C12H11BrN2. The highest BCUT2D eigenvalue weighted by molar-refractivity contribution is 9.10. The van der Waals surface area contributed by atoms with Gasteiger partial charge in [0.15, 0.2) is 0 Å². The van der Waals surface area contributed by atoms with Crippen molar-refractivity contribution >= 4 is 15.9 Å². The highest BCUT2D eigenvalue weighted by Crippen LogP contribution is 2.27. The van der Waals surface area contributed by atoms with Gasteiger partial charge in [-0.1, -0.05) is 34.1 Å². The Morgan fingerprint density at radius 1 is 1.20 bits per heavy atom. The van der Waals surface area contributed by atoms with Crippen molar-refractivity contribution < 1.29 is 0 Å². The number of hydrogen-bond acceptors (Lipinski definition) is 2. The second-order valence-electron chi connectivity index (χ2n) is 3.22. The van der Waals surface area contributed by atoms with E-state index in [-0.39, 0.29) is 0 Å². The smallest absolute Gasteiger partial charge is 0.0545 e. The minimum Gasteiger partial charge on any atom is -0.325 e. The third-order valence-corrected chi connectivity index (χ3v) is 2.90. The number of nitrogens with zero attached hydrogens (tertiary/aromatic N) is 1. The molecule has 0 saturated heterocycles. The molecule has 76 valence electrons. The number of benzene rings is 1. The third-order valence-electron chi connectivity index (χ3n) is 2.21. The highest BCUT2D eigenvalue weighted by atomic mass is 79.9. The lowest BCUT2D eigenvalue weighted by Gasteiger charge is -2.05. The van der Waals surface area contributed by atoms with Crippen LogP contribution in [0.4, 0.5) is 0 Å². The second kappa shape index (κ2) is 4.55. The van der Waals surface area contributed by atoms with Crippen molar-refractivity contribution in [3.63, 3.8) is 0 Å². The predicted molar refractivity (Wildman–Crippen MR) is 65.3 cm³/mol. The average molecular weight is 263 g/mol. The Balaban J connectivity index is 2.49. The Kier molecular flexibility index (Phi) is 3.14. The Morgan fingerprint density at radius 2 is 2.00 bits per heavy atom. The largest absolute Gasteiger partial charge is 0.325 e. The molecule has 15 heavy (non-hydrogen) atoms. The van der Waals surface area contributed by atoms with Crippen molar-refractivity contribution in [2.45, 2.75) is 6.54 Å². The molecule has 2 N–H and O–H groups in total. The molecule has 0 radical (unpaired) electrons. The lowest BCUT2D eigenvalue weighted by Crippen LogP contribution is -1.99. The molecule has 0 unspecified atom stereocenters. The Labute approximate surface area is 97.3 Å². The first-order valence-electron chi connectivity index (χ1n) is 4.71. The van der Waals surface area contributed by atoms with E-state index in [2.05, 4.69) is 27.0 Å². The van der Waals surface area contributed by atoms with E-state index in [9.17, 15) is 0 Å². The molecule has 1 heterocycles. The molecule has 0 aliphatic rings. The SMILES string of the molecule is NCc1cc(-c2ccccc2Br)ccn1. The van der Waals surface area contributed by atoms with Crippen LogP contribution in [0.1, 0.15) is 5.69 Å². The molecule has 0 bridgehead atoms. The fourth-order valence-electron chi connectivity index (χ4n) is 1.45. The van der Waals surface area contributed by atoms with Gasteiger partial charge < -0.3 is 5.73 Å². The number of nitrogens with two attached hydrogens (primary N) is 1. The standard InChI is InChI=1S/C12H11BrN2/c13-12-4-2-1-3-11(12)9-5-6-15-10(7-9)8-14/h1-7H,8,14H2. The summed E-state index contributed by atoms with van der Waals surface area (Å²) in [6.45, 7) is 0.471. The first-order valence-corrected chi connectivity index (χ1v) is 5.50. The van der Waals surface area contributed by atoms with Gasteiger partial charge >= 0.3 is 0 Å². The first kappa shape index (κ1) is 10.3. The van der Waals surface area contributed by atoms with Gasteiger partial charge in [-0.15, -0.1) is 0 Å². The lowest BCUT2D eigenvalue weighted by atomic mass is 10.1. The molecule has 1 aromatic carbocycles. The fourth-order valence-corrected chi connectivity index (χ4v) is 1.97. The molecule has 0 atom stereocenters. The Bertz CT molecular complexity index is 469. The van der Waals surface area contributed by atoms with Crippen molar-refractivity contribution in [1.82, 2.24) is 4.98 Å². The second-order valence-corrected chi connectivity index (χ2v) is 4.07. The fraction of sp³-hybridized carbons (Fsp3) is 0.0833. The Morgan fingerprint density at radius 3 is 2.73 bits per heavy atom. The summed E-state index contributed by atoms with van der Waals surface area (Å²) in [6.07, 6.45) is 1.79. The number of rotatable bonds is 2. The van der Waals surface area contributed by atoms with Crippen molar-refractivity contribution in [2.24, 2.45) is 5.73 Å². The van der Waals surface area contributed by atoms with Crippen LogP contribution in [0.15, 0.2) is 47.1 Å². The summed E-state index contributed by atoms with van der Waals surface area (Å²) in [5, 5.41) is 0. The zero-order chi connectivity index (χ0) is 10.7. The summed E-state index contributed by atoms with van der Waals surface area (Å²) >= 11 is 3.53. The zero-order valence-electron chi connectivity index (χ0n) is 8.15. The summed E-state index contributed by atoms with van der Waals surface area (Å²) in [6, 6.07) is 12.1. The van der Waals surface area contributed by atoms with E-state index in [0.717, 1.165) is 21.3 Å². The van der Waals surface area contributed by atoms with Crippen LogP contribution in [0.3, 0.4) is 0 Å². The predicted octanol–water partition coefficient (Wildman–Crippen LogP) is 2.97. The average Bonchev–Trinajstić information content (AvgIpc) is 2.30. The molecular weight excluding hydrogens is 252 g/mol. The van der Waals surface area contributed by atoms with Crippen molar-refractivity contribution in [1.29, 1.82) is 0 Å². The van der Waals surface area contributed by atoms with Crippen LogP contribution in [-0.2, 0) is 6.54 Å². The van der Waals surface area contributed by atoms with Crippen molar-refractivity contribution in [2.75, 3.05) is 0 Å². The van der Waals surface area contributed by atoms with E-state index >= 15 is 0 Å². The molecule has 0 amide bonds. The monoisotopic (exact) mass is 262 g/mol. The molecule has 3 heteroatoms. The molecule has 0 fully saturated rings. The van der Waals surface area contributed by atoms with Gasteiger partial charge in [0.25, 0.3) is 0 Å².